The molecule has 0 aromatic rings. The van der Waals surface area contributed by atoms with Crippen molar-refractivity contribution in [2.75, 3.05) is 13.2 Å². The first-order valence-electron chi connectivity index (χ1n) is 25.5. The fourth-order valence-corrected chi connectivity index (χ4v) is 7.74. The summed E-state index contributed by atoms with van der Waals surface area (Å²) in [4.78, 5) is 37.6. The molecule has 0 N–H and O–H groups in total. The molecule has 338 valence electrons. The molecule has 0 bridgehead atoms. The minimum absolute atomic E-state index is 0.0632. The Balaban J connectivity index is 4.09. The summed E-state index contributed by atoms with van der Waals surface area (Å²) >= 11 is 0. The van der Waals surface area contributed by atoms with Gasteiger partial charge in [-0.05, 0) is 19.3 Å². The number of carbonyl (C=O) groups is 3. The molecule has 6 nitrogen and oxygen atoms in total. The number of unbranched alkanes of at least 4 members (excludes halogenated alkanes) is 36. The monoisotopic (exact) mass is 807 g/mol. The van der Waals surface area contributed by atoms with Crippen molar-refractivity contribution in [3.8, 4) is 0 Å². The highest BCUT2D eigenvalue weighted by atomic mass is 16.6. The van der Waals surface area contributed by atoms with Crippen LogP contribution >= 0.6 is 0 Å². The van der Waals surface area contributed by atoms with Crippen molar-refractivity contribution in [3.05, 3.63) is 0 Å². The minimum atomic E-state index is -0.757. The van der Waals surface area contributed by atoms with Gasteiger partial charge in [0.1, 0.15) is 13.2 Å². The summed E-state index contributed by atoms with van der Waals surface area (Å²) in [5.74, 6) is -0.858. The Morgan fingerprint density at radius 1 is 0.281 bits per heavy atom. The summed E-state index contributed by atoms with van der Waals surface area (Å²) in [6.07, 6.45) is 49.8. The molecular weight excluding hydrogens is 709 g/mol. The predicted molar refractivity (Wildman–Crippen MR) is 243 cm³/mol. The van der Waals surface area contributed by atoms with Crippen LogP contribution in [0.15, 0.2) is 0 Å². The Labute approximate surface area is 355 Å². The lowest BCUT2D eigenvalue weighted by atomic mass is 10.0. The quantitative estimate of drug-likeness (QED) is 0.0346. The molecule has 0 amide bonds. The van der Waals surface area contributed by atoms with E-state index in [0.717, 1.165) is 64.2 Å². The van der Waals surface area contributed by atoms with Crippen molar-refractivity contribution < 1.29 is 28.6 Å². The standard InChI is InChI=1S/C51H98O6/c1-4-7-10-13-15-17-19-21-23-24-25-26-28-29-31-33-35-38-41-44-50(53)56-47-48(46-55-49(52)43-40-37-12-9-6-3)57-51(54)45-42-39-36-34-32-30-27-22-20-18-16-14-11-8-5-2/h48H,4-47H2,1-3H3/t48-/m0/s1. The van der Waals surface area contributed by atoms with Gasteiger partial charge in [-0.1, -0.05) is 252 Å². The van der Waals surface area contributed by atoms with Crippen molar-refractivity contribution >= 4 is 17.9 Å². The van der Waals surface area contributed by atoms with Gasteiger partial charge in [0, 0.05) is 19.3 Å². The smallest absolute Gasteiger partial charge is 0.306 e. The zero-order valence-corrected chi connectivity index (χ0v) is 38.6. The molecule has 0 aliphatic rings. The summed E-state index contributed by atoms with van der Waals surface area (Å²) in [6, 6.07) is 0. The molecule has 0 aromatic carbocycles. The van der Waals surface area contributed by atoms with Gasteiger partial charge in [0.15, 0.2) is 6.10 Å². The molecule has 0 heterocycles. The second kappa shape index (κ2) is 47.1. The van der Waals surface area contributed by atoms with Crippen molar-refractivity contribution in [1.29, 1.82) is 0 Å². The van der Waals surface area contributed by atoms with E-state index >= 15 is 0 Å². The fourth-order valence-electron chi connectivity index (χ4n) is 7.74. The number of ether oxygens (including phenoxy) is 3. The molecule has 0 aromatic heterocycles. The third kappa shape index (κ3) is 45.3. The number of carbonyl (C=O) groups excluding carboxylic acids is 3. The fraction of sp³-hybridized carbons (Fsp3) is 0.941. The van der Waals surface area contributed by atoms with Crippen molar-refractivity contribution in [1.82, 2.24) is 0 Å². The average molecular weight is 807 g/mol. The summed E-state index contributed by atoms with van der Waals surface area (Å²) in [7, 11) is 0. The van der Waals surface area contributed by atoms with Crippen LogP contribution in [0.2, 0.25) is 0 Å². The summed E-state index contributed by atoms with van der Waals surface area (Å²) < 4.78 is 16.7. The second-order valence-electron chi connectivity index (χ2n) is 17.5. The Morgan fingerprint density at radius 2 is 0.474 bits per heavy atom. The maximum Gasteiger partial charge on any atom is 0.306 e. The molecular formula is C51H98O6. The molecule has 0 saturated heterocycles. The topological polar surface area (TPSA) is 78.9 Å². The van der Waals surface area contributed by atoms with Gasteiger partial charge >= 0.3 is 17.9 Å². The van der Waals surface area contributed by atoms with Crippen molar-refractivity contribution in [3.63, 3.8) is 0 Å². The average Bonchev–Trinajstić information content (AvgIpc) is 3.21. The van der Waals surface area contributed by atoms with Crippen molar-refractivity contribution in [2.45, 2.75) is 297 Å². The third-order valence-corrected chi connectivity index (χ3v) is 11.6. The highest BCUT2D eigenvalue weighted by Gasteiger charge is 2.19. The van der Waals surface area contributed by atoms with Gasteiger partial charge in [-0.15, -0.1) is 0 Å². The molecule has 0 unspecified atom stereocenters. The lowest BCUT2D eigenvalue weighted by molar-refractivity contribution is -0.167. The second-order valence-corrected chi connectivity index (χ2v) is 17.5. The zero-order valence-electron chi connectivity index (χ0n) is 38.6. The first kappa shape index (κ1) is 55.4. The molecule has 1 atom stereocenters. The summed E-state index contributed by atoms with van der Waals surface area (Å²) in [5.41, 5.74) is 0. The van der Waals surface area contributed by atoms with E-state index in [0.29, 0.717) is 19.3 Å². The molecule has 0 aliphatic heterocycles. The number of rotatable bonds is 47. The first-order valence-corrected chi connectivity index (χ1v) is 25.5. The molecule has 0 saturated carbocycles. The number of esters is 3. The minimum Gasteiger partial charge on any atom is -0.462 e. The van der Waals surface area contributed by atoms with Gasteiger partial charge in [-0.3, -0.25) is 14.4 Å². The maximum atomic E-state index is 12.7. The van der Waals surface area contributed by atoms with Gasteiger partial charge in [0.05, 0.1) is 0 Å². The zero-order chi connectivity index (χ0) is 41.5. The van der Waals surface area contributed by atoms with Crippen LogP contribution in [0.1, 0.15) is 290 Å². The van der Waals surface area contributed by atoms with Crippen LogP contribution in [0, 0.1) is 0 Å². The van der Waals surface area contributed by atoms with Gasteiger partial charge in [-0.2, -0.15) is 0 Å². The SMILES string of the molecule is CCCCCCCCCCCCCCCCCCCCCC(=O)OC[C@H](COC(=O)CCCCCCC)OC(=O)CCCCCCCCCCCCCCCCC. The third-order valence-electron chi connectivity index (χ3n) is 11.6. The summed E-state index contributed by atoms with van der Waals surface area (Å²) in [6.45, 7) is 6.60. The van der Waals surface area contributed by atoms with E-state index in [1.807, 2.05) is 0 Å². The summed E-state index contributed by atoms with van der Waals surface area (Å²) in [5, 5.41) is 0. The molecule has 0 spiro atoms. The predicted octanol–water partition coefficient (Wildman–Crippen LogP) is 16.4. The highest BCUT2D eigenvalue weighted by molar-refractivity contribution is 5.71. The number of hydrogen-bond acceptors (Lipinski definition) is 6. The van der Waals surface area contributed by atoms with Crippen LogP contribution in [-0.2, 0) is 28.6 Å². The van der Waals surface area contributed by atoms with Crippen LogP contribution in [-0.4, -0.2) is 37.2 Å². The van der Waals surface area contributed by atoms with Gasteiger partial charge in [0.25, 0.3) is 0 Å². The maximum absolute atomic E-state index is 12.7. The Hall–Kier alpha value is -1.59. The molecule has 0 rings (SSSR count). The Morgan fingerprint density at radius 3 is 0.702 bits per heavy atom. The van der Waals surface area contributed by atoms with Crippen LogP contribution in [0.5, 0.6) is 0 Å². The van der Waals surface area contributed by atoms with Crippen molar-refractivity contribution in [2.24, 2.45) is 0 Å². The highest BCUT2D eigenvalue weighted by Crippen LogP contribution is 2.17. The van der Waals surface area contributed by atoms with Crippen LogP contribution in [0.3, 0.4) is 0 Å². The van der Waals surface area contributed by atoms with Gasteiger partial charge in [0.2, 0.25) is 0 Å². The van der Waals surface area contributed by atoms with E-state index in [4.69, 9.17) is 14.2 Å². The Kier molecular flexibility index (Phi) is 45.8. The van der Waals surface area contributed by atoms with E-state index in [1.54, 1.807) is 0 Å². The van der Waals surface area contributed by atoms with Crippen LogP contribution in [0.4, 0.5) is 0 Å². The lowest BCUT2D eigenvalue weighted by Gasteiger charge is -2.18. The van der Waals surface area contributed by atoms with E-state index in [2.05, 4.69) is 20.8 Å². The molecule has 6 heteroatoms. The van der Waals surface area contributed by atoms with Crippen LogP contribution in [0.25, 0.3) is 0 Å². The van der Waals surface area contributed by atoms with E-state index in [9.17, 15) is 14.4 Å². The largest absolute Gasteiger partial charge is 0.462 e. The molecule has 0 aliphatic carbocycles. The van der Waals surface area contributed by atoms with Gasteiger partial charge < -0.3 is 14.2 Å². The van der Waals surface area contributed by atoms with Gasteiger partial charge in [-0.25, -0.2) is 0 Å². The Bertz CT molecular complexity index is 844. The first-order chi connectivity index (χ1) is 28.0. The normalized spacial score (nSPS) is 11.8. The van der Waals surface area contributed by atoms with E-state index < -0.39 is 6.10 Å². The molecule has 0 fully saturated rings. The van der Waals surface area contributed by atoms with Crippen LogP contribution < -0.4 is 0 Å². The lowest BCUT2D eigenvalue weighted by Crippen LogP contribution is -2.30. The van der Waals surface area contributed by atoms with E-state index in [-0.39, 0.29) is 31.1 Å². The van der Waals surface area contributed by atoms with E-state index in [1.165, 1.54) is 186 Å². The number of hydrogen-bond donors (Lipinski definition) is 0. The molecule has 0 radical (unpaired) electrons. The molecule has 57 heavy (non-hydrogen) atoms.